The molecule has 0 saturated heterocycles. The van der Waals surface area contributed by atoms with E-state index in [1.165, 1.54) is 16.8 Å². The van der Waals surface area contributed by atoms with E-state index >= 15 is 0 Å². The third kappa shape index (κ3) is 3.51. The van der Waals surface area contributed by atoms with E-state index in [0.29, 0.717) is 5.78 Å². The van der Waals surface area contributed by atoms with Gasteiger partial charge in [0, 0.05) is 25.0 Å². The Kier molecular flexibility index (Phi) is 4.29. The number of carbonyl (C=O) groups excluding carboxylic acids is 2. The molecule has 2 rings (SSSR count). The van der Waals surface area contributed by atoms with Crippen LogP contribution in [-0.2, 0) is 20.7 Å². The largest absolute Gasteiger partial charge is 0.471 e. The van der Waals surface area contributed by atoms with Crippen LogP contribution >= 0.6 is 0 Å². The molecule has 0 aliphatic heterocycles. The number of hydrogen-bond acceptors (Lipinski definition) is 5. The van der Waals surface area contributed by atoms with Crippen LogP contribution in [0.5, 0.6) is 0 Å². The normalized spacial score (nSPS) is 12.9. The number of nitrogens with zero attached hydrogens (tertiary/aromatic N) is 3. The van der Waals surface area contributed by atoms with Crippen molar-refractivity contribution in [1.82, 2.24) is 19.7 Å². The van der Waals surface area contributed by atoms with Crippen molar-refractivity contribution < 1.29 is 27.5 Å². The fourth-order valence-corrected chi connectivity index (χ4v) is 1.76. The molecule has 0 unspecified atom stereocenters. The summed E-state index contributed by atoms with van der Waals surface area (Å²) in [6.45, 7) is 0. The fourth-order valence-electron chi connectivity index (χ4n) is 1.76. The number of esters is 1. The van der Waals surface area contributed by atoms with Crippen molar-refractivity contribution in [2.75, 3.05) is 7.11 Å². The Bertz CT molecular complexity index is 665. The summed E-state index contributed by atoms with van der Waals surface area (Å²) >= 11 is 0. The minimum Gasteiger partial charge on any atom is -0.467 e. The van der Waals surface area contributed by atoms with Crippen molar-refractivity contribution in [3.8, 4) is 0 Å². The molecule has 0 bridgehead atoms. The number of ether oxygens (including phenoxy) is 1. The van der Waals surface area contributed by atoms with Gasteiger partial charge in [0.15, 0.2) is 0 Å². The quantitative estimate of drug-likeness (QED) is 0.830. The summed E-state index contributed by atoms with van der Waals surface area (Å²) in [5, 5.41) is 1.59. The van der Waals surface area contributed by atoms with Gasteiger partial charge in [-0.15, -0.1) is 0 Å². The fraction of sp³-hybridized carbons (Fsp3) is 0.333. The van der Waals surface area contributed by atoms with Crippen LogP contribution in [0.15, 0.2) is 24.7 Å². The molecule has 1 atom stereocenters. The summed E-state index contributed by atoms with van der Waals surface area (Å²) in [5.74, 6) is -2.89. The van der Waals surface area contributed by atoms with Gasteiger partial charge in [0.1, 0.15) is 6.04 Å². The van der Waals surface area contributed by atoms with Crippen molar-refractivity contribution in [2.24, 2.45) is 0 Å². The number of halogens is 3. The molecule has 0 spiro atoms. The minimum absolute atomic E-state index is 0.252. The number of rotatable bonds is 4. The Morgan fingerprint density at radius 3 is 2.77 bits per heavy atom. The number of fused-ring (bicyclic) bond motifs is 1. The summed E-state index contributed by atoms with van der Waals surface area (Å²) in [5.41, 5.74) is 0.288. The lowest BCUT2D eigenvalue weighted by Gasteiger charge is -2.16. The zero-order valence-corrected chi connectivity index (χ0v) is 11.3. The molecule has 2 aromatic rings. The molecule has 0 aliphatic carbocycles. The first-order valence-corrected chi connectivity index (χ1v) is 6.05. The molecule has 2 aromatic heterocycles. The second-order valence-electron chi connectivity index (χ2n) is 4.31. The highest BCUT2D eigenvalue weighted by Gasteiger charge is 2.41. The topological polar surface area (TPSA) is 85.6 Å². The van der Waals surface area contributed by atoms with Crippen LogP contribution in [0.4, 0.5) is 13.2 Å². The maximum Gasteiger partial charge on any atom is 0.471 e. The van der Waals surface area contributed by atoms with Crippen LogP contribution in [0.1, 0.15) is 5.69 Å². The molecule has 1 amide bonds. The Morgan fingerprint density at radius 1 is 1.45 bits per heavy atom. The number of aromatic nitrogens is 3. The summed E-state index contributed by atoms with van der Waals surface area (Å²) in [6, 6.07) is 0.144. The molecule has 7 nitrogen and oxygen atoms in total. The van der Waals surface area contributed by atoms with Crippen molar-refractivity contribution >= 4 is 17.7 Å². The second-order valence-corrected chi connectivity index (χ2v) is 4.31. The molecule has 0 fully saturated rings. The predicted octanol–water partition coefficient (Wildman–Crippen LogP) is 0.492. The zero-order valence-electron chi connectivity index (χ0n) is 11.3. The van der Waals surface area contributed by atoms with E-state index in [1.54, 1.807) is 17.6 Å². The number of nitrogens with one attached hydrogen (secondary N) is 1. The number of carbonyl (C=O) groups is 2. The molecule has 1 N–H and O–H groups in total. The second kappa shape index (κ2) is 6.00. The molecule has 10 heteroatoms. The van der Waals surface area contributed by atoms with Gasteiger partial charge in [-0.2, -0.15) is 13.2 Å². The van der Waals surface area contributed by atoms with E-state index in [4.69, 9.17) is 0 Å². The van der Waals surface area contributed by atoms with Gasteiger partial charge >= 0.3 is 18.1 Å². The third-order valence-corrected chi connectivity index (χ3v) is 2.75. The predicted molar refractivity (Wildman–Crippen MR) is 66.7 cm³/mol. The van der Waals surface area contributed by atoms with Gasteiger partial charge < -0.3 is 10.1 Å². The lowest BCUT2D eigenvalue weighted by atomic mass is 10.1. The highest BCUT2D eigenvalue weighted by molar-refractivity contribution is 5.87. The molecule has 22 heavy (non-hydrogen) atoms. The highest BCUT2D eigenvalue weighted by atomic mass is 19.4. The molecule has 118 valence electrons. The Hall–Kier alpha value is -2.65. The minimum atomic E-state index is -5.09. The first-order valence-electron chi connectivity index (χ1n) is 6.05. The maximum absolute atomic E-state index is 12.3. The molecule has 0 aromatic carbocycles. The molecular weight excluding hydrogens is 305 g/mol. The van der Waals surface area contributed by atoms with Crippen LogP contribution in [0, 0.1) is 0 Å². The summed E-state index contributed by atoms with van der Waals surface area (Å²) in [4.78, 5) is 30.5. The van der Waals surface area contributed by atoms with Crippen molar-refractivity contribution in [3.63, 3.8) is 0 Å². The van der Waals surface area contributed by atoms with Gasteiger partial charge in [0.25, 0.3) is 0 Å². The monoisotopic (exact) mass is 316 g/mol. The molecular formula is C12H11F3N4O3. The molecule has 2 heterocycles. The first kappa shape index (κ1) is 15.7. The van der Waals surface area contributed by atoms with E-state index in [1.807, 2.05) is 0 Å². The number of amides is 1. The standard InChI is InChI=1S/C12H11F3N4O3/c1-22-9(20)8(18-10(21)12(13,14)15)5-7-6-19-4-2-3-16-11(19)17-7/h2-4,6,8H,5H2,1H3,(H,18,21)/t8-/m0/s1. The lowest BCUT2D eigenvalue weighted by Crippen LogP contribution is -2.48. The Balaban J connectivity index is 2.19. The van der Waals surface area contributed by atoms with Gasteiger partial charge in [-0.1, -0.05) is 0 Å². The van der Waals surface area contributed by atoms with Crippen molar-refractivity contribution in [3.05, 3.63) is 30.4 Å². The summed E-state index contributed by atoms with van der Waals surface area (Å²) in [6.07, 6.45) is -0.710. The van der Waals surface area contributed by atoms with Crippen LogP contribution in [0.3, 0.4) is 0 Å². The maximum atomic E-state index is 12.3. The lowest BCUT2D eigenvalue weighted by molar-refractivity contribution is -0.175. The number of hydrogen-bond donors (Lipinski definition) is 1. The molecule has 0 saturated carbocycles. The van der Waals surface area contributed by atoms with E-state index in [-0.39, 0.29) is 12.1 Å². The summed E-state index contributed by atoms with van der Waals surface area (Å²) in [7, 11) is 1.01. The smallest absolute Gasteiger partial charge is 0.467 e. The van der Waals surface area contributed by atoms with E-state index in [2.05, 4.69) is 14.7 Å². The van der Waals surface area contributed by atoms with Gasteiger partial charge in [-0.25, -0.2) is 14.8 Å². The molecule has 0 aliphatic rings. The Labute approximate surface area is 122 Å². The SMILES string of the molecule is COC(=O)[C@H](Cc1cn2cccnc2n1)NC(=O)C(F)(F)F. The van der Waals surface area contributed by atoms with Gasteiger partial charge in [0.2, 0.25) is 5.78 Å². The van der Waals surface area contributed by atoms with Gasteiger partial charge in [-0.3, -0.25) is 9.20 Å². The molecule has 0 radical (unpaired) electrons. The third-order valence-electron chi connectivity index (χ3n) is 2.75. The summed E-state index contributed by atoms with van der Waals surface area (Å²) < 4.78 is 42.8. The number of alkyl halides is 3. The highest BCUT2D eigenvalue weighted by Crippen LogP contribution is 2.15. The number of methoxy groups -OCH3 is 1. The van der Waals surface area contributed by atoms with Crippen LogP contribution in [-0.4, -0.2) is 45.6 Å². The van der Waals surface area contributed by atoms with Crippen LogP contribution < -0.4 is 5.32 Å². The average molecular weight is 316 g/mol. The van der Waals surface area contributed by atoms with Crippen LogP contribution in [0.2, 0.25) is 0 Å². The number of imidazole rings is 1. The van der Waals surface area contributed by atoms with Gasteiger partial charge in [0.05, 0.1) is 12.8 Å². The van der Waals surface area contributed by atoms with Gasteiger partial charge in [-0.05, 0) is 6.07 Å². The first-order chi connectivity index (χ1) is 10.3. The van der Waals surface area contributed by atoms with E-state index in [0.717, 1.165) is 7.11 Å². The zero-order chi connectivity index (χ0) is 16.3. The van der Waals surface area contributed by atoms with E-state index in [9.17, 15) is 22.8 Å². The van der Waals surface area contributed by atoms with Crippen molar-refractivity contribution in [1.29, 1.82) is 0 Å². The van der Waals surface area contributed by atoms with Crippen molar-refractivity contribution in [2.45, 2.75) is 18.6 Å². The van der Waals surface area contributed by atoms with E-state index < -0.39 is 24.1 Å². The Morgan fingerprint density at radius 2 is 2.18 bits per heavy atom. The average Bonchev–Trinajstić information content (AvgIpc) is 2.86. The van der Waals surface area contributed by atoms with Crippen LogP contribution in [0.25, 0.3) is 5.78 Å².